The molecule has 5 nitrogen and oxygen atoms in total. The highest BCUT2D eigenvalue weighted by molar-refractivity contribution is 8.00. The van der Waals surface area contributed by atoms with Crippen LogP contribution in [0.1, 0.15) is 46.5 Å². The zero-order valence-corrected chi connectivity index (χ0v) is 17.2. The molecule has 1 aliphatic rings. The first kappa shape index (κ1) is 18.7. The van der Waals surface area contributed by atoms with Crippen LogP contribution in [0.15, 0.2) is 53.7 Å². The lowest BCUT2D eigenvalue weighted by molar-refractivity contribution is -0.115. The molecule has 28 heavy (non-hydrogen) atoms. The van der Waals surface area contributed by atoms with Gasteiger partial charge in [-0.05, 0) is 55.5 Å². The number of carbonyl (C=O) groups excluding carboxylic acids is 1. The summed E-state index contributed by atoms with van der Waals surface area (Å²) in [5.74, 6) is 1.48. The van der Waals surface area contributed by atoms with Crippen LogP contribution in [0.5, 0.6) is 0 Å². The lowest BCUT2D eigenvalue weighted by atomic mass is 10.1. The van der Waals surface area contributed by atoms with Gasteiger partial charge in [-0.1, -0.05) is 48.2 Å². The van der Waals surface area contributed by atoms with Crippen LogP contribution in [0.4, 0.5) is 5.69 Å². The number of hydrogen-bond acceptors (Lipinski definition) is 4. The van der Waals surface area contributed by atoms with Gasteiger partial charge in [-0.3, -0.25) is 4.79 Å². The van der Waals surface area contributed by atoms with Crippen molar-refractivity contribution in [1.82, 2.24) is 14.8 Å². The summed E-state index contributed by atoms with van der Waals surface area (Å²) in [5.41, 5.74) is 4.02. The topological polar surface area (TPSA) is 59.8 Å². The minimum absolute atomic E-state index is 0.0582. The van der Waals surface area contributed by atoms with Gasteiger partial charge in [-0.15, -0.1) is 10.2 Å². The number of amides is 1. The molecular weight excluding hydrogens is 368 g/mol. The van der Waals surface area contributed by atoms with Gasteiger partial charge >= 0.3 is 0 Å². The van der Waals surface area contributed by atoms with Gasteiger partial charge in [0.1, 0.15) is 11.1 Å². The van der Waals surface area contributed by atoms with Gasteiger partial charge in [0, 0.05) is 18.7 Å². The van der Waals surface area contributed by atoms with Crippen molar-refractivity contribution in [1.29, 1.82) is 0 Å². The maximum atomic E-state index is 13.2. The third-order valence-corrected chi connectivity index (χ3v) is 6.15. The molecule has 1 fully saturated rings. The number of hydrogen-bond donors (Lipinski definition) is 1. The van der Waals surface area contributed by atoms with E-state index in [0.717, 1.165) is 33.4 Å². The average Bonchev–Trinajstić information content (AvgIpc) is 3.43. The summed E-state index contributed by atoms with van der Waals surface area (Å²) in [4.78, 5) is 13.2. The lowest BCUT2D eigenvalue weighted by Crippen LogP contribution is -2.19. The van der Waals surface area contributed by atoms with Gasteiger partial charge in [0.15, 0.2) is 5.16 Å². The van der Waals surface area contributed by atoms with Gasteiger partial charge in [0.25, 0.3) is 0 Å². The normalized spacial score (nSPS) is 14.7. The Morgan fingerprint density at radius 3 is 2.43 bits per heavy atom. The van der Waals surface area contributed by atoms with E-state index < -0.39 is 5.25 Å². The van der Waals surface area contributed by atoms with E-state index in [0.29, 0.717) is 5.92 Å². The van der Waals surface area contributed by atoms with E-state index in [1.807, 2.05) is 67.9 Å². The lowest BCUT2D eigenvalue weighted by Gasteiger charge is -2.17. The first-order valence-corrected chi connectivity index (χ1v) is 10.4. The second-order valence-corrected chi connectivity index (χ2v) is 8.52. The molecule has 0 aliphatic heterocycles. The maximum absolute atomic E-state index is 13.2. The second kappa shape index (κ2) is 7.80. The summed E-state index contributed by atoms with van der Waals surface area (Å²) in [6, 6.07) is 15.9. The number of anilines is 1. The summed E-state index contributed by atoms with van der Waals surface area (Å²) in [7, 11) is 1.99. The fraction of sp³-hybridized carbons (Fsp3) is 0.318. The van der Waals surface area contributed by atoms with Crippen LogP contribution in [-0.2, 0) is 11.8 Å². The first-order chi connectivity index (χ1) is 13.5. The van der Waals surface area contributed by atoms with Crippen molar-refractivity contribution >= 4 is 23.4 Å². The Labute approximate surface area is 169 Å². The molecule has 1 aromatic heterocycles. The molecule has 1 N–H and O–H groups in total. The van der Waals surface area contributed by atoms with E-state index in [4.69, 9.17) is 0 Å². The van der Waals surface area contributed by atoms with E-state index in [2.05, 4.69) is 21.6 Å². The molecule has 1 amide bonds. The van der Waals surface area contributed by atoms with Crippen molar-refractivity contribution in [2.75, 3.05) is 5.32 Å². The molecule has 0 unspecified atom stereocenters. The zero-order chi connectivity index (χ0) is 19.7. The Morgan fingerprint density at radius 1 is 1.11 bits per heavy atom. The van der Waals surface area contributed by atoms with Crippen LogP contribution in [-0.4, -0.2) is 20.7 Å². The third kappa shape index (κ3) is 4.12. The van der Waals surface area contributed by atoms with Crippen molar-refractivity contribution in [2.24, 2.45) is 7.05 Å². The maximum Gasteiger partial charge on any atom is 0.242 e. The largest absolute Gasteiger partial charge is 0.325 e. The van der Waals surface area contributed by atoms with Gasteiger partial charge in [0.2, 0.25) is 5.91 Å². The molecule has 1 atom stereocenters. The number of benzene rings is 2. The summed E-state index contributed by atoms with van der Waals surface area (Å²) >= 11 is 1.45. The van der Waals surface area contributed by atoms with Crippen molar-refractivity contribution < 1.29 is 4.79 Å². The number of carbonyl (C=O) groups is 1. The Balaban J connectivity index is 1.61. The highest BCUT2D eigenvalue weighted by Gasteiger charge is 2.31. The van der Waals surface area contributed by atoms with Crippen LogP contribution >= 0.6 is 11.8 Å². The molecular formula is C22H24N4OS. The number of nitrogens with one attached hydrogen (secondary N) is 1. The molecule has 1 heterocycles. The quantitative estimate of drug-likeness (QED) is 0.613. The molecule has 0 bridgehead atoms. The van der Waals surface area contributed by atoms with E-state index in [9.17, 15) is 4.79 Å². The predicted molar refractivity (Wildman–Crippen MR) is 113 cm³/mol. The minimum atomic E-state index is -0.406. The smallest absolute Gasteiger partial charge is 0.242 e. The number of aryl methyl sites for hydroxylation is 2. The number of thioether (sulfide) groups is 1. The van der Waals surface area contributed by atoms with Gasteiger partial charge in [-0.25, -0.2) is 0 Å². The standard InChI is InChI=1S/C22H24N4OS/c1-14-11-15(2)13-18(12-14)23-21(27)19(16-7-5-4-6-8-16)28-22-25-24-20(26(22)3)17-9-10-17/h4-8,11-13,17,19H,9-10H2,1-3H3,(H,23,27)/t19-/m0/s1. The van der Waals surface area contributed by atoms with Crippen molar-refractivity contribution in [3.63, 3.8) is 0 Å². The third-order valence-electron chi connectivity index (χ3n) is 4.86. The molecule has 1 aliphatic carbocycles. The molecule has 6 heteroatoms. The van der Waals surface area contributed by atoms with E-state index in [-0.39, 0.29) is 5.91 Å². The van der Waals surface area contributed by atoms with Crippen LogP contribution in [0.3, 0.4) is 0 Å². The fourth-order valence-electron chi connectivity index (χ4n) is 3.39. The summed E-state index contributed by atoms with van der Waals surface area (Å²) < 4.78 is 2.03. The molecule has 0 saturated heterocycles. The monoisotopic (exact) mass is 392 g/mol. The molecule has 3 aromatic rings. The average molecular weight is 393 g/mol. The van der Waals surface area contributed by atoms with Gasteiger partial charge in [-0.2, -0.15) is 0 Å². The summed E-state index contributed by atoms with van der Waals surface area (Å²) in [6.07, 6.45) is 2.35. The second-order valence-electron chi connectivity index (χ2n) is 7.45. The van der Waals surface area contributed by atoms with Crippen LogP contribution < -0.4 is 5.32 Å². The van der Waals surface area contributed by atoms with Gasteiger partial charge < -0.3 is 9.88 Å². The SMILES string of the molecule is Cc1cc(C)cc(NC(=O)[C@@H](Sc2nnc(C3CC3)n2C)c2ccccc2)c1. The van der Waals surface area contributed by atoms with Crippen molar-refractivity contribution in [3.05, 3.63) is 71.0 Å². The summed E-state index contributed by atoms with van der Waals surface area (Å²) in [6.45, 7) is 4.07. The van der Waals surface area contributed by atoms with Crippen molar-refractivity contribution in [3.8, 4) is 0 Å². The van der Waals surface area contributed by atoms with Crippen LogP contribution in [0.2, 0.25) is 0 Å². The van der Waals surface area contributed by atoms with E-state index in [1.54, 1.807) is 0 Å². The number of rotatable bonds is 6. The first-order valence-electron chi connectivity index (χ1n) is 9.51. The molecule has 1 saturated carbocycles. The number of aromatic nitrogens is 3. The predicted octanol–water partition coefficient (Wildman–Crippen LogP) is 4.78. The Hall–Kier alpha value is -2.60. The Bertz CT molecular complexity index is 975. The van der Waals surface area contributed by atoms with Crippen molar-refractivity contribution in [2.45, 2.75) is 43.0 Å². The Morgan fingerprint density at radius 2 is 1.79 bits per heavy atom. The molecule has 0 radical (unpaired) electrons. The fourth-order valence-corrected chi connectivity index (χ4v) is 4.40. The summed E-state index contributed by atoms with van der Waals surface area (Å²) in [5, 5.41) is 12.2. The molecule has 0 spiro atoms. The molecule has 144 valence electrons. The van der Waals surface area contributed by atoms with E-state index >= 15 is 0 Å². The Kier molecular flexibility index (Phi) is 5.22. The highest BCUT2D eigenvalue weighted by Crippen LogP contribution is 2.41. The molecule has 2 aromatic carbocycles. The van der Waals surface area contributed by atoms with Crippen LogP contribution in [0, 0.1) is 13.8 Å². The highest BCUT2D eigenvalue weighted by atomic mass is 32.2. The van der Waals surface area contributed by atoms with E-state index in [1.165, 1.54) is 24.6 Å². The molecule has 4 rings (SSSR count). The zero-order valence-electron chi connectivity index (χ0n) is 16.3. The van der Waals surface area contributed by atoms with Gasteiger partial charge in [0.05, 0.1) is 0 Å². The number of nitrogens with zero attached hydrogens (tertiary/aromatic N) is 3. The minimum Gasteiger partial charge on any atom is -0.325 e. The van der Waals surface area contributed by atoms with Crippen LogP contribution in [0.25, 0.3) is 0 Å².